The smallest absolute Gasteiger partial charge is 0.0991 e. The van der Waals surface area contributed by atoms with Crippen molar-refractivity contribution in [2.45, 2.75) is 6.42 Å². The van der Waals surface area contributed by atoms with Crippen LogP contribution >= 0.6 is 0 Å². The molecule has 1 aromatic heterocycles. The third-order valence-corrected chi connectivity index (χ3v) is 2.45. The summed E-state index contributed by atoms with van der Waals surface area (Å²) in [7, 11) is 0. The van der Waals surface area contributed by atoms with E-state index in [0.29, 0.717) is 5.56 Å². The molecule has 0 aliphatic heterocycles. The topological polar surface area (TPSA) is 48.7 Å². The third-order valence-electron chi connectivity index (χ3n) is 2.45. The lowest BCUT2D eigenvalue weighted by atomic mass is 10.2. The highest BCUT2D eigenvalue weighted by atomic mass is 14.9. The van der Waals surface area contributed by atoms with E-state index < -0.39 is 0 Å². The number of nitrogens with zero attached hydrogens (tertiary/aromatic N) is 2. The first kappa shape index (κ1) is 11.2. The molecule has 3 nitrogen and oxygen atoms in total. The quantitative estimate of drug-likeness (QED) is 0.866. The van der Waals surface area contributed by atoms with Crippen LogP contribution in [-0.4, -0.2) is 11.5 Å². The molecule has 1 N–H and O–H groups in total. The highest BCUT2D eigenvalue weighted by Gasteiger charge is 1.95. The lowest BCUT2D eigenvalue weighted by Gasteiger charge is -2.05. The largest absolute Gasteiger partial charge is 0.385 e. The number of hydrogen-bond donors (Lipinski definition) is 1. The predicted octanol–water partition coefficient (Wildman–Crippen LogP) is 2.61. The molecule has 1 heterocycles. The maximum atomic E-state index is 8.67. The van der Waals surface area contributed by atoms with Gasteiger partial charge in [-0.05, 0) is 36.4 Å². The number of hydrogen-bond acceptors (Lipinski definition) is 3. The Hall–Kier alpha value is -2.34. The fraction of sp³-hybridized carbons (Fsp3) is 0.143. The molecule has 1 aromatic carbocycles. The number of nitriles is 1. The summed E-state index contributed by atoms with van der Waals surface area (Å²) in [6.45, 7) is 0.836. The standard InChI is InChI=1S/C14H13N3/c15-11-12-4-6-14(7-5-12)17-10-8-13-3-1-2-9-16-13/h1-7,9,17H,8,10H2. The summed E-state index contributed by atoms with van der Waals surface area (Å²) in [5.74, 6) is 0. The molecule has 0 unspecified atom stereocenters. The molecule has 3 heteroatoms. The second-order valence-corrected chi connectivity index (χ2v) is 3.69. The number of pyridine rings is 1. The Kier molecular flexibility index (Phi) is 3.72. The fourth-order valence-corrected chi connectivity index (χ4v) is 1.54. The van der Waals surface area contributed by atoms with Crippen LogP contribution in [0, 0.1) is 11.3 Å². The first-order chi connectivity index (χ1) is 8.38. The summed E-state index contributed by atoms with van der Waals surface area (Å²) < 4.78 is 0. The Balaban J connectivity index is 1.84. The molecule has 0 atom stereocenters. The molecule has 0 amide bonds. The van der Waals surface area contributed by atoms with Crippen molar-refractivity contribution in [1.29, 1.82) is 5.26 Å². The van der Waals surface area contributed by atoms with Gasteiger partial charge in [0, 0.05) is 30.5 Å². The highest BCUT2D eigenvalue weighted by molar-refractivity contribution is 5.47. The average Bonchev–Trinajstić information content (AvgIpc) is 2.41. The van der Waals surface area contributed by atoms with Crippen molar-refractivity contribution in [1.82, 2.24) is 4.98 Å². The molecule has 2 rings (SSSR count). The number of aromatic nitrogens is 1. The van der Waals surface area contributed by atoms with Crippen LogP contribution in [0.15, 0.2) is 48.7 Å². The zero-order chi connectivity index (χ0) is 11.9. The second-order valence-electron chi connectivity index (χ2n) is 3.69. The zero-order valence-corrected chi connectivity index (χ0v) is 9.43. The fourth-order valence-electron chi connectivity index (χ4n) is 1.54. The molecule has 0 aliphatic rings. The molecule has 0 fully saturated rings. The Morgan fingerprint density at radius 1 is 1.12 bits per heavy atom. The maximum Gasteiger partial charge on any atom is 0.0991 e. The normalized spacial score (nSPS) is 9.59. The molecule has 84 valence electrons. The minimum absolute atomic E-state index is 0.681. The van der Waals surface area contributed by atoms with Gasteiger partial charge in [0.2, 0.25) is 0 Å². The van der Waals surface area contributed by atoms with Crippen molar-refractivity contribution in [3.8, 4) is 6.07 Å². The van der Waals surface area contributed by atoms with E-state index in [2.05, 4.69) is 16.4 Å². The summed E-state index contributed by atoms with van der Waals surface area (Å²) >= 11 is 0. The van der Waals surface area contributed by atoms with Gasteiger partial charge in [-0.3, -0.25) is 4.98 Å². The van der Waals surface area contributed by atoms with E-state index in [0.717, 1.165) is 24.3 Å². The third kappa shape index (κ3) is 3.32. The van der Waals surface area contributed by atoms with Crippen molar-refractivity contribution in [3.05, 3.63) is 59.9 Å². The number of anilines is 1. The van der Waals surface area contributed by atoms with Crippen molar-refractivity contribution in [3.63, 3.8) is 0 Å². The SMILES string of the molecule is N#Cc1ccc(NCCc2ccccn2)cc1. The van der Waals surface area contributed by atoms with E-state index in [1.807, 2.05) is 42.5 Å². The molecule has 0 aliphatic carbocycles. The number of rotatable bonds is 4. The van der Waals surface area contributed by atoms with Crippen LogP contribution in [0.1, 0.15) is 11.3 Å². The van der Waals surface area contributed by atoms with Gasteiger partial charge in [0.05, 0.1) is 11.6 Å². The van der Waals surface area contributed by atoms with Gasteiger partial charge in [-0.1, -0.05) is 6.07 Å². The molecule has 0 spiro atoms. The molecular formula is C14H13N3. The lowest BCUT2D eigenvalue weighted by molar-refractivity contribution is 0.961. The van der Waals surface area contributed by atoms with Gasteiger partial charge >= 0.3 is 0 Å². The molecule has 0 saturated heterocycles. The van der Waals surface area contributed by atoms with Crippen LogP contribution in [0.3, 0.4) is 0 Å². The second kappa shape index (κ2) is 5.66. The van der Waals surface area contributed by atoms with Gasteiger partial charge in [-0.15, -0.1) is 0 Å². The van der Waals surface area contributed by atoms with Crippen molar-refractivity contribution < 1.29 is 0 Å². The molecule has 0 radical (unpaired) electrons. The van der Waals surface area contributed by atoms with Crippen molar-refractivity contribution in [2.75, 3.05) is 11.9 Å². The van der Waals surface area contributed by atoms with Crippen LogP contribution in [0.5, 0.6) is 0 Å². The van der Waals surface area contributed by atoms with Crippen LogP contribution in [-0.2, 0) is 6.42 Å². The van der Waals surface area contributed by atoms with E-state index in [9.17, 15) is 0 Å². The van der Waals surface area contributed by atoms with Crippen LogP contribution in [0.4, 0.5) is 5.69 Å². The molecule has 0 bridgehead atoms. The molecule has 0 saturated carbocycles. The van der Waals surface area contributed by atoms with E-state index >= 15 is 0 Å². The monoisotopic (exact) mass is 223 g/mol. The van der Waals surface area contributed by atoms with Crippen molar-refractivity contribution >= 4 is 5.69 Å². The Morgan fingerprint density at radius 3 is 2.59 bits per heavy atom. The van der Waals surface area contributed by atoms with E-state index in [1.54, 1.807) is 6.20 Å². The lowest BCUT2D eigenvalue weighted by Crippen LogP contribution is -2.05. The van der Waals surface area contributed by atoms with Gasteiger partial charge in [0.1, 0.15) is 0 Å². The first-order valence-electron chi connectivity index (χ1n) is 5.52. The number of benzene rings is 1. The summed E-state index contributed by atoms with van der Waals surface area (Å²) in [6, 6.07) is 15.5. The maximum absolute atomic E-state index is 8.67. The van der Waals surface area contributed by atoms with Crippen molar-refractivity contribution in [2.24, 2.45) is 0 Å². The molecular weight excluding hydrogens is 210 g/mol. The molecule has 17 heavy (non-hydrogen) atoms. The minimum Gasteiger partial charge on any atom is -0.385 e. The van der Waals surface area contributed by atoms with E-state index in [-0.39, 0.29) is 0 Å². The predicted molar refractivity (Wildman–Crippen MR) is 67.6 cm³/mol. The Labute approximate surface area is 101 Å². The Morgan fingerprint density at radius 2 is 1.94 bits per heavy atom. The van der Waals surface area contributed by atoms with Gasteiger partial charge < -0.3 is 5.32 Å². The Bertz CT molecular complexity index is 497. The summed E-state index contributed by atoms with van der Waals surface area (Å²) in [5.41, 5.74) is 2.79. The minimum atomic E-state index is 0.681. The summed E-state index contributed by atoms with van der Waals surface area (Å²) in [4.78, 5) is 4.25. The van der Waals surface area contributed by atoms with E-state index in [1.165, 1.54) is 0 Å². The van der Waals surface area contributed by atoms with Crippen LogP contribution in [0.2, 0.25) is 0 Å². The number of nitrogens with one attached hydrogen (secondary N) is 1. The van der Waals surface area contributed by atoms with Gasteiger partial charge in [0.25, 0.3) is 0 Å². The van der Waals surface area contributed by atoms with Gasteiger partial charge in [-0.25, -0.2) is 0 Å². The molecule has 2 aromatic rings. The zero-order valence-electron chi connectivity index (χ0n) is 9.43. The van der Waals surface area contributed by atoms with Gasteiger partial charge in [-0.2, -0.15) is 5.26 Å². The van der Waals surface area contributed by atoms with E-state index in [4.69, 9.17) is 5.26 Å². The average molecular weight is 223 g/mol. The summed E-state index contributed by atoms with van der Waals surface area (Å²) in [6.07, 6.45) is 2.69. The highest BCUT2D eigenvalue weighted by Crippen LogP contribution is 2.08. The van der Waals surface area contributed by atoms with Crippen LogP contribution < -0.4 is 5.32 Å². The first-order valence-corrected chi connectivity index (χ1v) is 5.52. The summed E-state index contributed by atoms with van der Waals surface area (Å²) in [5, 5.41) is 12.0. The van der Waals surface area contributed by atoms with Crippen LogP contribution in [0.25, 0.3) is 0 Å². The van der Waals surface area contributed by atoms with Gasteiger partial charge in [0.15, 0.2) is 0 Å².